The van der Waals surface area contributed by atoms with Crippen LogP contribution in [0.4, 0.5) is 0 Å². The van der Waals surface area contributed by atoms with E-state index in [4.69, 9.17) is 18.6 Å². The molecule has 0 atom stereocenters. The summed E-state index contributed by atoms with van der Waals surface area (Å²) in [6.45, 7) is 6.69. The first kappa shape index (κ1) is 22.6. The number of hydrogen-bond acceptors (Lipinski definition) is 7. The lowest BCUT2D eigenvalue weighted by molar-refractivity contribution is 0.112. The van der Waals surface area contributed by atoms with E-state index in [-0.39, 0.29) is 5.43 Å². The van der Waals surface area contributed by atoms with Crippen LogP contribution in [0.5, 0.6) is 17.2 Å². The summed E-state index contributed by atoms with van der Waals surface area (Å²) in [6.07, 6.45) is 1.53. The van der Waals surface area contributed by atoms with E-state index in [9.17, 15) is 4.79 Å². The zero-order valence-electron chi connectivity index (χ0n) is 20.0. The molecule has 0 aliphatic carbocycles. The summed E-state index contributed by atoms with van der Waals surface area (Å²) in [6, 6.07) is 21.2. The van der Waals surface area contributed by atoms with Crippen LogP contribution in [0.1, 0.15) is 5.56 Å². The summed E-state index contributed by atoms with van der Waals surface area (Å²) >= 11 is 0. The van der Waals surface area contributed by atoms with Crippen molar-refractivity contribution in [3.63, 3.8) is 0 Å². The first-order valence-corrected chi connectivity index (χ1v) is 12.3. The lowest BCUT2D eigenvalue weighted by Gasteiger charge is -2.34. The minimum absolute atomic E-state index is 0.0346. The minimum atomic E-state index is -0.0346. The fourth-order valence-corrected chi connectivity index (χ4v) is 4.78. The zero-order valence-corrected chi connectivity index (χ0v) is 20.0. The van der Waals surface area contributed by atoms with Gasteiger partial charge in [-0.25, -0.2) is 0 Å². The van der Waals surface area contributed by atoms with Gasteiger partial charge in [-0.05, 0) is 35.4 Å². The minimum Gasteiger partial charge on any atom is -0.492 e. The first-order valence-electron chi connectivity index (χ1n) is 12.3. The highest BCUT2D eigenvalue weighted by atomic mass is 16.7. The summed E-state index contributed by atoms with van der Waals surface area (Å²) < 4.78 is 22.7. The Morgan fingerprint density at radius 3 is 2.50 bits per heavy atom. The van der Waals surface area contributed by atoms with E-state index in [0.29, 0.717) is 35.7 Å². The predicted molar refractivity (Wildman–Crippen MR) is 138 cm³/mol. The normalized spacial score (nSPS) is 15.9. The van der Waals surface area contributed by atoms with Crippen LogP contribution in [0.25, 0.3) is 22.1 Å². The molecule has 0 amide bonds. The van der Waals surface area contributed by atoms with Gasteiger partial charge in [0.1, 0.15) is 24.2 Å². The lowest BCUT2D eigenvalue weighted by Crippen LogP contribution is -2.47. The SMILES string of the molecule is O=c1c(-c2ccccc2)coc2cc(OCCN3CCN(Cc4ccc5c(c4)OCO5)CC3)ccc12. The van der Waals surface area contributed by atoms with Gasteiger partial charge in [0.05, 0.1) is 10.9 Å². The third-order valence-corrected chi connectivity index (χ3v) is 6.82. The van der Waals surface area contributed by atoms with Crippen molar-refractivity contribution < 1.29 is 18.6 Å². The van der Waals surface area contributed by atoms with Crippen molar-refractivity contribution in [2.75, 3.05) is 46.1 Å². The summed E-state index contributed by atoms with van der Waals surface area (Å²) in [5, 5.41) is 0.558. The van der Waals surface area contributed by atoms with Crippen molar-refractivity contribution in [1.82, 2.24) is 9.80 Å². The topological polar surface area (TPSA) is 64.4 Å². The fraction of sp³-hybridized carbons (Fsp3) is 0.276. The van der Waals surface area contributed by atoms with Crippen LogP contribution in [0.3, 0.4) is 0 Å². The Bertz CT molecular complexity index is 1410. The number of rotatable bonds is 7. The Labute approximate surface area is 209 Å². The average Bonchev–Trinajstić information content (AvgIpc) is 3.38. The highest BCUT2D eigenvalue weighted by Gasteiger charge is 2.19. The molecule has 184 valence electrons. The van der Waals surface area contributed by atoms with Gasteiger partial charge in [-0.2, -0.15) is 0 Å². The largest absolute Gasteiger partial charge is 0.492 e. The van der Waals surface area contributed by atoms with Crippen molar-refractivity contribution >= 4 is 11.0 Å². The molecular formula is C29H28N2O5. The molecule has 1 saturated heterocycles. The van der Waals surface area contributed by atoms with Crippen LogP contribution in [0.15, 0.2) is 82.2 Å². The Morgan fingerprint density at radius 1 is 0.833 bits per heavy atom. The molecule has 0 radical (unpaired) electrons. The third kappa shape index (κ3) is 4.80. The maximum atomic E-state index is 12.9. The molecule has 7 heteroatoms. The third-order valence-electron chi connectivity index (χ3n) is 6.82. The molecule has 1 fully saturated rings. The van der Waals surface area contributed by atoms with E-state index < -0.39 is 0 Å². The average molecular weight is 485 g/mol. The van der Waals surface area contributed by atoms with E-state index >= 15 is 0 Å². The summed E-state index contributed by atoms with van der Waals surface area (Å²) in [7, 11) is 0. The van der Waals surface area contributed by atoms with Gasteiger partial charge in [-0.3, -0.25) is 14.6 Å². The number of fused-ring (bicyclic) bond motifs is 2. The number of ether oxygens (including phenoxy) is 3. The fourth-order valence-electron chi connectivity index (χ4n) is 4.78. The smallest absolute Gasteiger partial charge is 0.231 e. The van der Waals surface area contributed by atoms with Gasteiger partial charge in [0, 0.05) is 45.3 Å². The quantitative estimate of drug-likeness (QED) is 0.386. The predicted octanol–water partition coefficient (Wildman–Crippen LogP) is 4.39. The Morgan fingerprint density at radius 2 is 1.64 bits per heavy atom. The molecule has 7 nitrogen and oxygen atoms in total. The highest BCUT2D eigenvalue weighted by Crippen LogP contribution is 2.33. The second-order valence-electron chi connectivity index (χ2n) is 9.16. The molecule has 0 unspecified atom stereocenters. The Balaban J connectivity index is 1.00. The van der Waals surface area contributed by atoms with Crippen LogP contribution in [-0.4, -0.2) is 55.9 Å². The summed E-state index contributed by atoms with van der Waals surface area (Å²) in [4.78, 5) is 17.8. The number of nitrogens with zero attached hydrogens (tertiary/aromatic N) is 2. The van der Waals surface area contributed by atoms with Crippen LogP contribution in [0, 0.1) is 0 Å². The van der Waals surface area contributed by atoms with Crippen molar-refractivity contribution in [1.29, 1.82) is 0 Å². The van der Waals surface area contributed by atoms with Gasteiger partial charge in [0.2, 0.25) is 6.79 Å². The molecule has 2 aliphatic heterocycles. The molecule has 3 aromatic carbocycles. The molecule has 6 rings (SSSR count). The number of benzene rings is 3. The van der Waals surface area contributed by atoms with Crippen LogP contribution >= 0.6 is 0 Å². The van der Waals surface area contributed by atoms with Crippen LogP contribution in [-0.2, 0) is 6.54 Å². The molecule has 2 aliphatic rings. The van der Waals surface area contributed by atoms with Crippen molar-refractivity contribution in [3.05, 3.63) is 88.8 Å². The molecule has 0 bridgehead atoms. The zero-order chi connectivity index (χ0) is 24.3. The lowest BCUT2D eigenvalue weighted by atomic mass is 10.1. The first-order chi connectivity index (χ1) is 17.7. The van der Waals surface area contributed by atoms with Gasteiger partial charge in [0.15, 0.2) is 16.9 Å². The van der Waals surface area contributed by atoms with Crippen LogP contribution in [0.2, 0.25) is 0 Å². The van der Waals surface area contributed by atoms with Crippen molar-refractivity contribution in [3.8, 4) is 28.4 Å². The molecule has 3 heterocycles. The van der Waals surface area contributed by atoms with Crippen molar-refractivity contribution in [2.24, 2.45) is 0 Å². The van der Waals surface area contributed by atoms with E-state index in [1.807, 2.05) is 42.5 Å². The molecular weight excluding hydrogens is 456 g/mol. The van der Waals surface area contributed by atoms with Gasteiger partial charge in [-0.1, -0.05) is 36.4 Å². The monoisotopic (exact) mass is 484 g/mol. The molecule has 0 N–H and O–H groups in total. The highest BCUT2D eigenvalue weighted by molar-refractivity contribution is 5.82. The summed E-state index contributed by atoms with van der Waals surface area (Å²) in [5.41, 5.74) is 3.16. The second-order valence-corrected chi connectivity index (χ2v) is 9.16. The number of piperazine rings is 1. The van der Waals surface area contributed by atoms with Gasteiger partial charge < -0.3 is 18.6 Å². The van der Waals surface area contributed by atoms with Crippen LogP contribution < -0.4 is 19.6 Å². The maximum Gasteiger partial charge on any atom is 0.231 e. The summed E-state index contributed by atoms with van der Waals surface area (Å²) in [5.74, 6) is 2.38. The maximum absolute atomic E-state index is 12.9. The standard InChI is InChI=1S/C29H28N2O5/c32-29-24-8-7-23(17-27(24)34-19-25(29)22-4-2-1-3-5-22)33-15-14-30-10-12-31(13-11-30)18-21-6-9-26-28(16-21)36-20-35-26/h1-9,16-17,19H,10-15,18,20H2. The van der Waals surface area contributed by atoms with E-state index in [2.05, 4.69) is 21.9 Å². The van der Waals surface area contributed by atoms with E-state index in [0.717, 1.165) is 56.3 Å². The van der Waals surface area contributed by atoms with Gasteiger partial charge in [-0.15, -0.1) is 0 Å². The molecule has 36 heavy (non-hydrogen) atoms. The van der Waals surface area contributed by atoms with E-state index in [1.54, 1.807) is 12.1 Å². The molecule has 0 spiro atoms. The molecule has 4 aromatic rings. The van der Waals surface area contributed by atoms with Gasteiger partial charge >= 0.3 is 0 Å². The molecule has 1 aromatic heterocycles. The van der Waals surface area contributed by atoms with Crippen molar-refractivity contribution in [2.45, 2.75) is 6.54 Å². The van der Waals surface area contributed by atoms with Gasteiger partial charge in [0.25, 0.3) is 0 Å². The second kappa shape index (κ2) is 10.0. The Kier molecular flexibility index (Phi) is 6.32. The van der Waals surface area contributed by atoms with E-state index in [1.165, 1.54) is 11.8 Å². The molecule has 0 saturated carbocycles. The number of hydrogen-bond donors (Lipinski definition) is 0. The Hall–Kier alpha value is -3.81.